The van der Waals surface area contributed by atoms with Crippen molar-refractivity contribution >= 4 is 0 Å². The lowest BCUT2D eigenvalue weighted by Gasteiger charge is -2.17. The fourth-order valence-corrected chi connectivity index (χ4v) is 4.53. The molecular formula is C27H56. The molecule has 0 aromatic carbocycles. The van der Waals surface area contributed by atoms with E-state index in [-0.39, 0.29) is 0 Å². The van der Waals surface area contributed by atoms with Crippen molar-refractivity contribution in [3.8, 4) is 0 Å². The summed E-state index contributed by atoms with van der Waals surface area (Å²) in [5, 5.41) is 0. The zero-order valence-electron chi connectivity index (χ0n) is 20.5. The van der Waals surface area contributed by atoms with Crippen molar-refractivity contribution < 1.29 is 0 Å². The summed E-state index contributed by atoms with van der Waals surface area (Å²) in [5.41, 5.74) is 0. The van der Waals surface area contributed by atoms with Crippen molar-refractivity contribution in [1.29, 1.82) is 0 Å². The van der Waals surface area contributed by atoms with E-state index >= 15 is 0 Å². The molecule has 0 nitrogen and oxygen atoms in total. The van der Waals surface area contributed by atoms with Gasteiger partial charge in [0.15, 0.2) is 0 Å². The maximum absolute atomic E-state index is 2.49. The van der Waals surface area contributed by atoms with Crippen LogP contribution in [0.2, 0.25) is 0 Å². The summed E-state index contributed by atoms with van der Waals surface area (Å²) in [7, 11) is 0. The van der Waals surface area contributed by atoms with E-state index in [9.17, 15) is 0 Å². The van der Waals surface area contributed by atoms with Gasteiger partial charge >= 0.3 is 0 Å². The average molecular weight is 381 g/mol. The minimum atomic E-state index is 0.930. The zero-order valence-corrected chi connectivity index (χ0v) is 20.5. The maximum Gasteiger partial charge on any atom is -0.0443 e. The molecule has 0 amide bonds. The third-order valence-corrected chi connectivity index (χ3v) is 7.05. The van der Waals surface area contributed by atoms with Crippen molar-refractivity contribution in [2.45, 2.75) is 145 Å². The van der Waals surface area contributed by atoms with Crippen LogP contribution in [0.5, 0.6) is 0 Å². The van der Waals surface area contributed by atoms with Crippen LogP contribution in [0.3, 0.4) is 0 Å². The Morgan fingerprint density at radius 1 is 0.370 bits per heavy atom. The molecule has 5 unspecified atom stereocenters. The first-order chi connectivity index (χ1) is 12.9. The average Bonchev–Trinajstić information content (AvgIpc) is 2.61. The van der Waals surface area contributed by atoms with Gasteiger partial charge in [0, 0.05) is 0 Å². The lowest BCUT2D eigenvalue weighted by atomic mass is 9.89. The monoisotopic (exact) mass is 380 g/mol. The summed E-state index contributed by atoms with van der Waals surface area (Å²) < 4.78 is 0. The number of rotatable bonds is 19. The Hall–Kier alpha value is 0. The first-order valence-corrected chi connectivity index (χ1v) is 12.9. The molecule has 0 fully saturated rings. The molecule has 0 N–H and O–H groups in total. The van der Waals surface area contributed by atoms with Crippen LogP contribution in [0, 0.1) is 29.6 Å². The quantitative estimate of drug-likeness (QED) is 0.209. The van der Waals surface area contributed by atoms with Crippen molar-refractivity contribution in [3.05, 3.63) is 0 Å². The fraction of sp³-hybridized carbons (Fsp3) is 1.00. The van der Waals surface area contributed by atoms with Crippen LogP contribution < -0.4 is 0 Å². The van der Waals surface area contributed by atoms with Crippen LogP contribution in [-0.2, 0) is 0 Å². The van der Waals surface area contributed by atoms with Gasteiger partial charge in [-0.15, -0.1) is 0 Å². The van der Waals surface area contributed by atoms with Crippen LogP contribution in [0.4, 0.5) is 0 Å². The lowest BCUT2D eigenvalue weighted by molar-refractivity contribution is 0.363. The van der Waals surface area contributed by atoms with Gasteiger partial charge in [0.1, 0.15) is 0 Å². The standard InChI is InChI=1S/C27H56/c1-8-14-24(4)16-11-18-26(6)20-13-22-27(7)21-12-19-25(5)17-10-15-23(3)9-2/h23-27H,8-22H2,1-7H3. The molecule has 0 saturated heterocycles. The highest BCUT2D eigenvalue weighted by molar-refractivity contribution is 4.62. The van der Waals surface area contributed by atoms with E-state index in [2.05, 4.69) is 48.5 Å². The Labute approximate surface area is 174 Å². The highest BCUT2D eigenvalue weighted by Gasteiger charge is 2.09. The lowest BCUT2D eigenvalue weighted by Crippen LogP contribution is -2.02. The smallest absolute Gasteiger partial charge is 0.0443 e. The van der Waals surface area contributed by atoms with Gasteiger partial charge in [0.2, 0.25) is 0 Å². The molecule has 5 atom stereocenters. The molecule has 0 rings (SSSR count). The van der Waals surface area contributed by atoms with Gasteiger partial charge in [0.25, 0.3) is 0 Å². The van der Waals surface area contributed by atoms with E-state index in [0.29, 0.717) is 0 Å². The molecule has 0 aliphatic heterocycles. The van der Waals surface area contributed by atoms with E-state index in [1.165, 1.54) is 96.3 Å². The van der Waals surface area contributed by atoms with Crippen molar-refractivity contribution in [3.63, 3.8) is 0 Å². The van der Waals surface area contributed by atoms with Gasteiger partial charge in [-0.25, -0.2) is 0 Å². The summed E-state index contributed by atoms with van der Waals surface area (Å²) in [6.45, 7) is 16.9. The fourth-order valence-electron chi connectivity index (χ4n) is 4.53. The van der Waals surface area contributed by atoms with Crippen LogP contribution >= 0.6 is 0 Å². The zero-order chi connectivity index (χ0) is 20.5. The summed E-state index contributed by atoms with van der Waals surface area (Å²) >= 11 is 0. The summed E-state index contributed by atoms with van der Waals surface area (Å²) in [5.74, 6) is 4.70. The van der Waals surface area contributed by atoms with E-state index in [1.807, 2.05) is 0 Å². The topological polar surface area (TPSA) is 0 Å². The van der Waals surface area contributed by atoms with Gasteiger partial charge in [-0.2, -0.15) is 0 Å². The second-order valence-electron chi connectivity index (χ2n) is 10.4. The Bertz CT molecular complexity index is 294. The van der Waals surface area contributed by atoms with Crippen molar-refractivity contribution in [1.82, 2.24) is 0 Å². The molecule has 0 aromatic rings. The molecule has 0 heteroatoms. The van der Waals surface area contributed by atoms with Crippen LogP contribution in [-0.4, -0.2) is 0 Å². The highest BCUT2D eigenvalue weighted by Crippen LogP contribution is 2.24. The van der Waals surface area contributed by atoms with E-state index in [1.54, 1.807) is 0 Å². The van der Waals surface area contributed by atoms with Crippen LogP contribution in [0.15, 0.2) is 0 Å². The Kier molecular flexibility index (Phi) is 18.1. The number of hydrogen-bond donors (Lipinski definition) is 0. The van der Waals surface area contributed by atoms with Crippen LogP contribution in [0.1, 0.15) is 145 Å². The predicted molar refractivity (Wildman–Crippen MR) is 126 cm³/mol. The molecule has 0 radical (unpaired) electrons. The Morgan fingerprint density at radius 2 is 0.630 bits per heavy atom. The molecule has 164 valence electrons. The van der Waals surface area contributed by atoms with Gasteiger partial charge < -0.3 is 0 Å². The van der Waals surface area contributed by atoms with Gasteiger partial charge in [-0.3, -0.25) is 0 Å². The molecular weight excluding hydrogens is 324 g/mol. The minimum Gasteiger partial charge on any atom is -0.0654 e. The van der Waals surface area contributed by atoms with E-state index < -0.39 is 0 Å². The first kappa shape index (κ1) is 27.0. The van der Waals surface area contributed by atoms with Crippen LogP contribution in [0.25, 0.3) is 0 Å². The Balaban J connectivity index is 3.55. The van der Waals surface area contributed by atoms with E-state index in [0.717, 1.165) is 29.6 Å². The third-order valence-electron chi connectivity index (χ3n) is 7.05. The molecule has 0 aromatic heterocycles. The van der Waals surface area contributed by atoms with Crippen molar-refractivity contribution in [2.75, 3.05) is 0 Å². The van der Waals surface area contributed by atoms with Gasteiger partial charge in [0.05, 0.1) is 0 Å². The molecule has 0 bridgehead atoms. The second kappa shape index (κ2) is 18.1. The molecule has 0 saturated carbocycles. The molecule has 27 heavy (non-hydrogen) atoms. The third kappa shape index (κ3) is 17.8. The SMILES string of the molecule is CCCC(C)CCCC(C)CCCC(C)CCCC(C)CCCC(C)CC. The van der Waals surface area contributed by atoms with Gasteiger partial charge in [-0.1, -0.05) is 145 Å². The Morgan fingerprint density at radius 3 is 0.889 bits per heavy atom. The minimum absolute atomic E-state index is 0.930. The number of hydrogen-bond acceptors (Lipinski definition) is 0. The molecule has 0 heterocycles. The normalized spacial score (nSPS) is 17.4. The van der Waals surface area contributed by atoms with E-state index in [4.69, 9.17) is 0 Å². The maximum atomic E-state index is 2.49. The van der Waals surface area contributed by atoms with Gasteiger partial charge in [-0.05, 0) is 29.6 Å². The van der Waals surface area contributed by atoms with Crippen molar-refractivity contribution in [2.24, 2.45) is 29.6 Å². The summed E-state index contributed by atoms with van der Waals surface area (Å²) in [6, 6.07) is 0. The molecule has 0 spiro atoms. The molecule has 0 aliphatic rings. The summed E-state index contributed by atoms with van der Waals surface area (Å²) in [4.78, 5) is 0. The predicted octanol–water partition coefficient (Wildman–Crippen LogP) is 10.1. The molecule has 0 aliphatic carbocycles. The highest BCUT2D eigenvalue weighted by atomic mass is 14.1. The first-order valence-electron chi connectivity index (χ1n) is 12.9. The summed E-state index contributed by atoms with van der Waals surface area (Å²) in [6.07, 6.45) is 21.5. The largest absolute Gasteiger partial charge is 0.0654 e. The second-order valence-corrected chi connectivity index (χ2v) is 10.4.